The van der Waals surface area contributed by atoms with Crippen LogP contribution >= 0.6 is 0 Å². The number of aliphatic hydroxyl groups excluding tert-OH is 2. The molecule has 0 saturated heterocycles. The molecule has 0 aromatic rings. The highest BCUT2D eigenvalue weighted by atomic mass is 16.5. The highest BCUT2D eigenvalue weighted by Gasteiger charge is 2.53. The van der Waals surface area contributed by atoms with E-state index in [9.17, 15) is 15.0 Å². The summed E-state index contributed by atoms with van der Waals surface area (Å²) < 4.78 is 5.48. The van der Waals surface area contributed by atoms with Crippen LogP contribution in [0.3, 0.4) is 0 Å². The highest BCUT2D eigenvalue weighted by Crippen LogP contribution is 2.62. The van der Waals surface area contributed by atoms with E-state index < -0.39 is 6.10 Å². The second-order valence-corrected chi connectivity index (χ2v) is 10.5. The number of allylic oxidation sites excluding steroid dienone is 4. The molecule has 0 heterocycles. The van der Waals surface area contributed by atoms with Crippen molar-refractivity contribution in [2.45, 2.75) is 84.0 Å². The van der Waals surface area contributed by atoms with Crippen LogP contribution in [0.1, 0.15) is 65.7 Å². The zero-order valence-electron chi connectivity index (χ0n) is 18.9. The smallest absolute Gasteiger partial charge is 0.159 e. The lowest BCUT2D eigenvalue weighted by Gasteiger charge is -2.46. The molecule has 0 aromatic carbocycles. The van der Waals surface area contributed by atoms with Gasteiger partial charge in [0, 0.05) is 18.9 Å². The molecule has 166 valence electrons. The van der Waals surface area contributed by atoms with E-state index in [1.165, 1.54) is 16.7 Å². The van der Waals surface area contributed by atoms with Gasteiger partial charge in [0.25, 0.3) is 0 Å². The van der Waals surface area contributed by atoms with Gasteiger partial charge in [-0.15, -0.1) is 0 Å². The Morgan fingerprint density at radius 1 is 1.33 bits per heavy atom. The van der Waals surface area contributed by atoms with Gasteiger partial charge in [-0.3, -0.25) is 4.79 Å². The summed E-state index contributed by atoms with van der Waals surface area (Å²) in [5, 5.41) is 20.2. The van der Waals surface area contributed by atoms with Crippen molar-refractivity contribution in [2.24, 2.45) is 29.1 Å². The minimum Gasteiger partial charge on any atom is -0.393 e. The first-order chi connectivity index (χ1) is 14.2. The van der Waals surface area contributed by atoms with Crippen molar-refractivity contribution in [3.8, 4) is 0 Å². The maximum absolute atomic E-state index is 13.1. The van der Waals surface area contributed by atoms with Crippen LogP contribution in [-0.4, -0.2) is 41.4 Å². The van der Waals surface area contributed by atoms with Gasteiger partial charge >= 0.3 is 0 Å². The second-order valence-electron chi connectivity index (χ2n) is 10.5. The van der Waals surface area contributed by atoms with E-state index in [2.05, 4.69) is 26.0 Å². The number of ether oxygens (including phenoxy) is 1. The minimum absolute atomic E-state index is 0.0505. The molecule has 0 aliphatic heterocycles. The lowest BCUT2D eigenvalue weighted by molar-refractivity contribution is -0.119. The zero-order chi connectivity index (χ0) is 21.6. The number of carbonyl (C=O) groups excluding carboxylic acids is 1. The molecule has 4 heteroatoms. The van der Waals surface area contributed by atoms with Crippen molar-refractivity contribution in [3.63, 3.8) is 0 Å². The summed E-state index contributed by atoms with van der Waals surface area (Å²) in [5.41, 5.74) is 4.23. The van der Waals surface area contributed by atoms with Crippen LogP contribution in [0.15, 0.2) is 34.9 Å². The summed E-state index contributed by atoms with van der Waals surface area (Å²) in [6.45, 7) is 6.38. The van der Waals surface area contributed by atoms with Gasteiger partial charge < -0.3 is 14.9 Å². The van der Waals surface area contributed by atoms with Gasteiger partial charge in [-0.2, -0.15) is 0 Å². The van der Waals surface area contributed by atoms with E-state index in [0.717, 1.165) is 32.1 Å². The number of ketones is 1. The molecule has 0 radical (unpaired) electrons. The molecule has 0 unspecified atom stereocenters. The third-order valence-corrected chi connectivity index (χ3v) is 8.69. The molecule has 0 aromatic heterocycles. The molecule has 8 atom stereocenters. The van der Waals surface area contributed by atoms with Crippen molar-refractivity contribution in [3.05, 3.63) is 34.9 Å². The largest absolute Gasteiger partial charge is 0.393 e. The van der Waals surface area contributed by atoms with Crippen LogP contribution in [-0.2, 0) is 9.53 Å². The second kappa shape index (κ2) is 8.37. The standard InChI is InChI=1S/C26H38O4/c1-15(11-25(30-4)16(2)27)22-7-8-23-21-14-24(29)18-12-17(5-6-19(28)13-18)20(21)9-10-26(22,23)3/h5,11,14,16,18-20,22-23,25,27-28H,6-10,12-13H2,1-4H3/b15-11+/t16-,18-,19+,20-,22-,23+,25-,26-/m1/s1. The third kappa shape index (κ3) is 3.76. The Balaban J connectivity index is 1.65. The Morgan fingerprint density at radius 2 is 2.10 bits per heavy atom. The maximum atomic E-state index is 13.1. The molecule has 4 aliphatic carbocycles. The van der Waals surface area contributed by atoms with Crippen LogP contribution in [0.5, 0.6) is 0 Å². The summed E-state index contributed by atoms with van der Waals surface area (Å²) in [5.74, 6) is 1.46. The number of aliphatic hydroxyl groups is 2. The van der Waals surface area contributed by atoms with Gasteiger partial charge in [-0.05, 0) is 82.1 Å². The molecular formula is C26H38O4. The summed E-state index contributed by atoms with van der Waals surface area (Å²) in [4.78, 5) is 13.1. The number of methoxy groups -OCH3 is 1. The van der Waals surface area contributed by atoms with Crippen LogP contribution in [0.4, 0.5) is 0 Å². The van der Waals surface area contributed by atoms with Gasteiger partial charge in [0.15, 0.2) is 5.78 Å². The maximum Gasteiger partial charge on any atom is 0.159 e. The summed E-state index contributed by atoms with van der Waals surface area (Å²) in [6, 6.07) is 0. The highest BCUT2D eigenvalue weighted by molar-refractivity contribution is 5.93. The average molecular weight is 415 g/mol. The Morgan fingerprint density at radius 3 is 2.80 bits per heavy atom. The number of carbonyl (C=O) groups is 1. The molecule has 4 nitrogen and oxygen atoms in total. The molecule has 2 saturated carbocycles. The van der Waals surface area contributed by atoms with Crippen molar-refractivity contribution in [1.82, 2.24) is 0 Å². The van der Waals surface area contributed by atoms with Crippen LogP contribution in [0.2, 0.25) is 0 Å². The normalized spacial score (nSPS) is 41.1. The van der Waals surface area contributed by atoms with Crippen LogP contribution in [0.25, 0.3) is 0 Å². The number of fused-ring (bicyclic) bond motifs is 6. The molecular weight excluding hydrogens is 376 g/mol. The van der Waals surface area contributed by atoms with Crippen molar-refractivity contribution in [2.75, 3.05) is 7.11 Å². The van der Waals surface area contributed by atoms with Crippen molar-refractivity contribution >= 4 is 5.78 Å². The van der Waals surface area contributed by atoms with E-state index in [4.69, 9.17) is 4.74 Å². The molecule has 0 spiro atoms. The third-order valence-electron chi connectivity index (χ3n) is 8.69. The SMILES string of the molecule is CO[C@H](/C=C(\C)[C@H]1CC[C@H]2C3=CC(=O)[C@@H]4CC(=CC[C@H](O)C4)[C@H]3CC[C@]12C)[C@@H](C)O. The number of hydrogen-bond acceptors (Lipinski definition) is 4. The Bertz CT molecular complexity index is 776. The lowest BCUT2D eigenvalue weighted by atomic mass is 9.58. The lowest BCUT2D eigenvalue weighted by Crippen LogP contribution is -2.38. The van der Waals surface area contributed by atoms with Gasteiger partial charge in [0.05, 0.1) is 12.2 Å². The number of rotatable bonds is 4. The van der Waals surface area contributed by atoms with Gasteiger partial charge in [0.1, 0.15) is 6.10 Å². The quantitative estimate of drug-likeness (QED) is 0.671. The van der Waals surface area contributed by atoms with Crippen molar-refractivity contribution < 1.29 is 19.7 Å². The molecule has 2 bridgehead atoms. The van der Waals surface area contributed by atoms with Crippen LogP contribution < -0.4 is 0 Å². The Labute approximate surface area is 181 Å². The monoisotopic (exact) mass is 414 g/mol. The number of hydrogen-bond donors (Lipinski definition) is 2. The molecule has 30 heavy (non-hydrogen) atoms. The van der Waals surface area contributed by atoms with Gasteiger partial charge in [0.2, 0.25) is 0 Å². The molecule has 2 N–H and O–H groups in total. The molecule has 4 aliphatic rings. The van der Waals surface area contributed by atoms with E-state index in [-0.39, 0.29) is 29.3 Å². The van der Waals surface area contributed by atoms with E-state index in [1.807, 2.05) is 6.08 Å². The van der Waals surface area contributed by atoms with Crippen molar-refractivity contribution in [1.29, 1.82) is 0 Å². The Kier molecular flexibility index (Phi) is 6.13. The summed E-state index contributed by atoms with van der Waals surface area (Å²) >= 11 is 0. The van der Waals surface area contributed by atoms with Gasteiger partial charge in [-0.25, -0.2) is 0 Å². The first-order valence-corrected chi connectivity index (χ1v) is 11.8. The zero-order valence-corrected chi connectivity index (χ0v) is 18.9. The van der Waals surface area contributed by atoms with E-state index >= 15 is 0 Å². The summed E-state index contributed by atoms with van der Waals surface area (Å²) in [7, 11) is 1.65. The van der Waals surface area contributed by atoms with Gasteiger partial charge in [-0.1, -0.05) is 35.8 Å². The fourth-order valence-corrected chi connectivity index (χ4v) is 7.07. The first kappa shape index (κ1) is 22.0. The van der Waals surface area contributed by atoms with E-state index in [0.29, 0.717) is 30.6 Å². The molecule has 2 fully saturated rings. The van der Waals surface area contributed by atoms with E-state index in [1.54, 1.807) is 14.0 Å². The molecule has 0 amide bonds. The fourth-order valence-electron chi connectivity index (χ4n) is 7.07. The predicted octanol–water partition coefficient (Wildman–Crippen LogP) is 4.37. The van der Waals surface area contributed by atoms with Crippen LogP contribution in [0, 0.1) is 29.1 Å². The average Bonchev–Trinajstić information content (AvgIpc) is 2.84. The first-order valence-electron chi connectivity index (χ1n) is 11.8. The minimum atomic E-state index is -0.529. The summed E-state index contributed by atoms with van der Waals surface area (Å²) in [6.07, 6.45) is 11.8. The molecule has 4 rings (SSSR count). The Hall–Kier alpha value is -1.23. The predicted molar refractivity (Wildman–Crippen MR) is 118 cm³/mol. The topological polar surface area (TPSA) is 66.8 Å². The fraction of sp³-hybridized carbons (Fsp3) is 0.731.